The van der Waals surface area contributed by atoms with Crippen molar-refractivity contribution in [3.8, 4) is 0 Å². The van der Waals surface area contributed by atoms with Gasteiger partial charge in [-0.15, -0.1) is 0 Å². The van der Waals surface area contributed by atoms with Crippen LogP contribution < -0.4 is 5.32 Å². The molecule has 3 nitrogen and oxygen atoms in total. The van der Waals surface area contributed by atoms with Gasteiger partial charge in [0.25, 0.3) is 0 Å². The van der Waals surface area contributed by atoms with Gasteiger partial charge in [-0.05, 0) is 101 Å². The molecule has 0 radical (unpaired) electrons. The molecule has 29 heavy (non-hydrogen) atoms. The Hall–Kier alpha value is -1.06. The number of hydrogen-bond donors (Lipinski definition) is 1. The minimum atomic E-state index is -0.582. The summed E-state index contributed by atoms with van der Waals surface area (Å²) in [6.45, 7) is 12.6. The highest BCUT2D eigenvalue weighted by Crippen LogP contribution is 2.54. The summed E-state index contributed by atoms with van der Waals surface area (Å²) in [6.07, 6.45) is 6.67. The van der Waals surface area contributed by atoms with E-state index in [0.717, 1.165) is 42.9 Å². The van der Waals surface area contributed by atoms with Crippen molar-refractivity contribution in [1.82, 2.24) is 5.32 Å². The lowest BCUT2D eigenvalue weighted by atomic mass is 9.60. The van der Waals surface area contributed by atoms with Crippen molar-refractivity contribution in [3.63, 3.8) is 0 Å². The van der Waals surface area contributed by atoms with E-state index in [-0.39, 0.29) is 11.4 Å². The third-order valence-corrected chi connectivity index (χ3v) is 7.12. The Morgan fingerprint density at radius 1 is 1.14 bits per heavy atom. The second-order valence-electron chi connectivity index (χ2n) is 11.0. The van der Waals surface area contributed by atoms with Gasteiger partial charge >= 0.3 is 5.97 Å². The molecule has 0 bridgehead atoms. The van der Waals surface area contributed by atoms with Crippen LogP contribution in [-0.4, -0.2) is 19.1 Å². The number of carbonyl (C=O) groups excluding carboxylic acids is 1. The topological polar surface area (TPSA) is 38.3 Å². The lowest BCUT2D eigenvalue weighted by molar-refractivity contribution is -0.191. The number of hydrogen-bond acceptors (Lipinski definition) is 3. The maximum atomic E-state index is 13.2. The Morgan fingerprint density at radius 3 is 2.34 bits per heavy atom. The largest absolute Gasteiger partial charge is 0.453 e. The molecule has 1 aliphatic heterocycles. The molecule has 2 unspecified atom stereocenters. The standard InChI is InChI=1S/C25H38ClNO2/c1-23(2,3)22(28)29-25(19-6-8-21(26)9-7-19)17-24(4,5)13-10-20(25)16-18-11-14-27-15-12-18/h6-9,18,20,27H,10-17H2,1-5H3. The van der Waals surface area contributed by atoms with Crippen LogP contribution in [0.15, 0.2) is 24.3 Å². The molecule has 1 N–H and O–H groups in total. The summed E-state index contributed by atoms with van der Waals surface area (Å²) in [5.41, 5.74) is 0.121. The first-order chi connectivity index (χ1) is 13.5. The van der Waals surface area contributed by atoms with Gasteiger partial charge in [-0.2, -0.15) is 0 Å². The van der Waals surface area contributed by atoms with Crippen LogP contribution >= 0.6 is 11.6 Å². The van der Waals surface area contributed by atoms with E-state index >= 15 is 0 Å². The van der Waals surface area contributed by atoms with Gasteiger partial charge in [-0.25, -0.2) is 0 Å². The maximum Gasteiger partial charge on any atom is 0.312 e. The number of halogens is 1. The van der Waals surface area contributed by atoms with E-state index in [1.54, 1.807) is 0 Å². The van der Waals surface area contributed by atoms with Crippen molar-refractivity contribution in [2.24, 2.45) is 22.7 Å². The molecule has 1 saturated carbocycles. The van der Waals surface area contributed by atoms with Crippen LogP contribution in [0.3, 0.4) is 0 Å². The predicted octanol–water partition coefficient (Wildman–Crippen LogP) is 6.34. The molecular formula is C25H38ClNO2. The maximum absolute atomic E-state index is 13.2. The number of esters is 1. The minimum absolute atomic E-state index is 0.111. The fraction of sp³-hybridized carbons (Fsp3) is 0.720. The third kappa shape index (κ3) is 5.35. The van der Waals surface area contributed by atoms with Crippen LogP contribution in [-0.2, 0) is 15.1 Å². The highest BCUT2D eigenvalue weighted by molar-refractivity contribution is 6.30. The fourth-order valence-electron chi connectivity index (χ4n) is 5.14. The molecule has 0 aromatic heterocycles. The Morgan fingerprint density at radius 2 is 1.76 bits per heavy atom. The zero-order chi connectivity index (χ0) is 21.3. The first kappa shape index (κ1) is 22.6. The Labute approximate surface area is 181 Å². The van der Waals surface area contributed by atoms with Gasteiger partial charge in [0.15, 0.2) is 0 Å². The van der Waals surface area contributed by atoms with Gasteiger partial charge in [-0.3, -0.25) is 4.79 Å². The molecule has 162 valence electrons. The SMILES string of the molecule is CC1(C)CCC(CC2CCNCC2)C(OC(=O)C(C)(C)C)(c2ccc(Cl)cc2)C1. The number of carbonyl (C=O) groups is 1. The lowest BCUT2D eigenvalue weighted by Gasteiger charge is -2.51. The van der Waals surface area contributed by atoms with E-state index in [2.05, 4.69) is 31.3 Å². The molecule has 0 amide bonds. The van der Waals surface area contributed by atoms with Crippen molar-refractivity contribution in [2.45, 2.75) is 78.7 Å². The zero-order valence-electron chi connectivity index (χ0n) is 18.8. The molecule has 1 aromatic carbocycles. The summed E-state index contributed by atoms with van der Waals surface area (Å²) in [5, 5.41) is 4.19. The summed E-state index contributed by atoms with van der Waals surface area (Å²) < 4.78 is 6.56. The number of benzene rings is 1. The molecule has 4 heteroatoms. The van der Waals surface area contributed by atoms with Crippen molar-refractivity contribution in [2.75, 3.05) is 13.1 Å². The van der Waals surface area contributed by atoms with E-state index in [4.69, 9.17) is 16.3 Å². The van der Waals surface area contributed by atoms with E-state index in [0.29, 0.717) is 11.8 Å². The lowest BCUT2D eigenvalue weighted by Crippen LogP contribution is -2.49. The summed E-state index contributed by atoms with van der Waals surface area (Å²) in [6, 6.07) is 8.03. The monoisotopic (exact) mass is 419 g/mol. The van der Waals surface area contributed by atoms with Gasteiger partial charge in [0, 0.05) is 10.9 Å². The molecular weight excluding hydrogens is 382 g/mol. The molecule has 1 saturated heterocycles. The molecule has 1 aromatic rings. The second kappa shape index (κ2) is 8.59. The summed E-state index contributed by atoms with van der Waals surface area (Å²) in [7, 11) is 0. The van der Waals surface area contributed by atoms with Gasteiger partial charge in [-0.1, -0.05) is 37.6 Å². The van der Waals surface area contributed by atoms with Crippen LogP contribution in [0, 0.1) is 22.7 Å². The Balaban J connectivity index is 2.02. The molecule has 2 fully saturated rings. The quantitative estimate of drug-likeness (QED) is 0.578. The van der Waals surface area contributed by atoms with Crippen molar-refractivity contribution < 1.29 is 9.53 Å². The van der Waals surface area contributed by atoms with Crippen molar-refractivity contribution in [3.05, 3.63) is 34.9 Å². The minimum Gasteiger partial charge on any atom is -0.453 e. The van der Waals surface area contributed by atoms with Gasteiger partial charge < -0.3 is 10.1 Å². The fourth-order valence-corrected chi connectivity index (χ4v) is 5.26. The summed E-state index contributed by atoms with van der Waals surface area (Å²) in [5.74, 6) is 0.925. The first-order valence-corrected chi connectivity index (χ1v) is 11.6. The molecule has 2 aliphatic rings. The van der Waals surface area contributed by atoms with E-state index in [1.807, 2.05) is 32.9 Å². The number of rotatable bonds is 4. The van der Waals surface area contributed by atoms with Crippen LogP contribution in [0.1, 0.15) is 78.7 Å². The van der Waals surface area contributed by atoms with Crippen molar-refractivity contribution >= 4 is 17.6 Å². The van der Waals surface area contributed by atoms with Crippen LogP contribution in [0.4, 0.5) is 0 Å². The van der Waals surface area contributed by atoms with Gasteiger partial charge in [0.1, 0.15) is 5.60 Å². The average molecular weight is 420 g/mol. The Kier molecular flexibility index (Phi) is 6.70. The Bertz CT molecular complexity index is 701. The molecule has 1 aliphatic carbocycles. The van der Waals surface area contributed by atoms with Crippen LogP contribution in [0.2, 0.25) is 5.02 Å². The van der Waals surface area contributed by atoms with E-state index in [1.165, 1.54) is 19.3 Å². The van der Waals surface area contributed by atoms with Crippen LogP contribution in [0.5, 0.6) is 0 Å². The number of ether oxygens (including phenoxy) is 1. The molecule has 3 rings (SSSR count). The third-order valence-electron chi connectivity index (χ3n) is 6.87. The highest BCUT2D eigenvalue weighted by Gasteiger charge is 2.52. The van der Waals surface area contributed by atoms with Crippen LogP contribution in [0.25, 0.3) is 0 Å². The average Bonchev–Trinajstić information content (AvgIpc) is 2.64. The highest BCUT2D eigenvalue weighted by atomic mass is 35.5. The smallest absolute Gasteiger partial charge is 0.312 e. The van der Waals surface area contributed by atoms with E-state index < -0.39 is 11.0 Å². The molecule has 1 heterocycles. The summed E-state index contributed by atoms with van der Waals surface area (Å²) >= 11 is 6.21. The zero-order valence-corrected chi connectivity index (χ0v) is 19.6. The van der Waals surface area contributed by atoms with Crippen molar-refractivity contribution in [1.29, 1.82) is 0 Å². The number of nitrogens with one attached hydrogen (secondary N) is 1. The predicted molar refractivity (Wildman–Crippen MR) is 120 cm³/mol. The summed E-state index contributed by atoms with van der Waals surface area (Å²) in [4.78, 5) is 13.2. The van der Waals surface area contributed by atoms with Gasteiger partial charge in [0.05, 0.1) is 5.41 Å². The second-order valence-corrected chi connectivity index (χ2v) is 11.5. The van der Waals surface area contributed by atoms with E-state index in [9.17, 15) is 4.79 Å². The molecule has 2 atom stereocenters. The normalized spacial score (nSPS) is 28.1. The molecule has 0 spiro atoms. The first-order valence-electron chi connectivity index (χ1n) is 11.2. The number of piperidine rings is 1. The van der Waals surface area contributed by atoms with Gasteiger partial charge in [0.2, 0.25) is 0 Å².